The number of ether oxygens (including phenoxy) is 1. The Morgan fingerprint density at radius 3 is 2.49 bits per heavy atom. The molecule has 0 unspecified atom stereocenters. The largest absolute Gasteiger partial charge is 0.497 e. The minimum atomic E-state index is 0.592. The van der Waals surface area contributed by atoms with Gasteiger partial charge in [-0.05, 0) is 47.8 Å². The molecule has 0 saturated carbocycles. The van der Waals surface area contributed by atoms with Gasteiger partial charge in [-0.3, -0.25) is 4.90 Å². The van der Waals surface area contributed by atoms with Crippen LogP contribution >= 0.6 is 11.3 Å². The first kappa shape index (κ1) is 21.7. The van der Waals surface area contributed by atoms with Crippen LogP contribution in [0.3, 0.4) is 0 Å². The molecule has 0 spiro atoms. The number of hydrogen-bond acceptors (Lipinski definition) is 9. The molecule has 176 valence electrons. The van der Waals surface area contributed by atoms with Gasteiger partial charge in [0.2, 0.25) is 11.7 Å². The summed E-state index contributed by atoms with van der Waals surface area (Å²) in [5, 5.41) is 7.30. The monoisotopic (exact) mass is 484 g/mol. The highest BCUT2D eigenvalue weighted by molar-refractivity contribution is 7.13. The van der Waals surface area contributed by atoms with E-state index in [0.29, 0.717) is 18.3 Å². The summed E-state index contributed by atoms with van der Waals surface area (Å²) in [4.78, 5) is 20.2. The zero-order chi connectivity index (χ0) is 23.6. The number of benzene rings is 2. The predicted molar refractivity (Wildman–Crippen MR) is 137 cm³/mol. The summed E-state index contributed by atoms with van der Waals surface area (Å²) in [5.74, 6) is 3.80. The van der Waals surface area contributed by atoms with Crippen molar-refractivity contribution in [2.24, 2.45) is 0 Å². The van der Waals surface area contributed by atoms with E-state index in [4.69, 9.17) is 19.2 Å². The molecule has 0 amide bonds. The van der Waals surface area contributed by atoms with Crippen LogP contribution in [0.1, 0.15) is 5.89 Å². The number of piperazine rings is 1. The molecule has 4 heterocycles. The Labute approximate surface area is 206 Å². The van der Waals surface area contributed by atoms with Crippen molar-refractivity contribution < 1.29 is 9.26 Å². The minimum Gasteiger partial charge on any atom is -0.497 e. The van der Waals surface area contributed by atoms with Crippen molar-refractivity contribution in [3.63, 3.8) is 0 Å². The fourth-order valence-electron chi connectivity index (χ4n) is 4.30. The van der Waals surface area contributed by atoms with Gasteiger partial charge in [-0.15, -0.1) is 11.3 Å². The lowest BCUT2D eigenvalue weighted by Gasteiger charge is -2.35. The molecule has 0 N–H and O–H groups in total. The number of para-hydroxylation sites is 1. The number of thiophene rings is 1. The number of aromatic nitrogens is 4. The van der Waals surface area contributed by atoms with E-state index in [2.05, 4.69) is 43.5 Å². The van der Waals surface area contributed by atoms with E-state index in [1.54, 1.807) is 18.4 Å². The molecular weight excluding hydrogens is 460 g/mol. The van der Waals surface area contributed by atoms with E-state index in [9.17, 15) is 0 Å². The molecule has 0 bridgehead atoms. The molecule has 0 radical (unpaired) electrons. The van der Waals surface area contributed by atoms with Gasteiger partial charge in [-0.2, -0.15) is 4.98 Å². The van der Waals surface area contributed by atoms with Crippen molar-refractivity contribution in [2.75, 3.05) is 38.2 Å². The van der Waals surface area contributed by atoms with Crippen molar-refractivity contribution in [3.05, 3.63) is 71.9 Å². The molecule has 9 heteroatoms. The third-order valence-corrected chi connectivity index (χ3v) is 7.04. The molecule has 8 nitrogen and oxygen atoms in total. The predicted octanol–water partition coefficient (Wildman–Crippen LogP) is 4.74. The molecule has 1 aliphatic heterocycles. The smallest absolute Gasteiger partial charge is 0.241 e. The van der Waals surface area contributed by atoms with Crippen LogP contribution in [0.15, 0.2) is 70.6 Å². The molecule has 5 aromatic rings. The second-order valence-electron chi connectivity index (χ2n) is 8.37. The van der Waals surface area contributed by atoms with Crippen LogP contribution in [0.5, 0.6) is 5.75 Å². The maximum atomic E-state index is 5.54. The van der Waals surface area contributed by atoms with Crippen LogP contribution < -0.4 is 9.64 Å². The zero-order valence-electron chi connectivity index (χ0n) is 19.3. The Bertz CT molecular complexity index is 1430. The van der Waals surface area contributed by atoms with Crippen molar-refractivity contribution in [2.45, 2.75) is 6.54 Å². The average Bonchev–Trinajstić information content (AvgIpc) is 3.62. The molecular formula is C26H24N6O2S. The maximum absolute atomic E-state index is 5.54. The van der Waals surface area contributed by atoms with Gasteiger partial charge in [0.05, 0.1) is 24.0 Å². The van der Waals surface area contributed by atoms with E-state index in [0.717, 1.165) is 64.9 Å². The Hall–Kier alpha value is -3.82. The van der Waals surface area contributed by atoms with E-state index in [1.807, 2.05) is 42.5 Å². The Kier molecular flexibility index (Phi) is 5.85. The topological polar surface area (TPSA) is 80.4 Å². The first-order valence-corrected chi connectivity index (χ1v) is 12.4. The lowest BCUT2D eigenvalue weighted by molar-refractivity contribution is 0.215. The van der Waals surface area contributed by atoms with Gasteiger partial charge < -0.3 is 14.2 Å². The van der Waals surface area contributed by atoms with Crippen LogP contribution in [0, 0.1) is 0 Å². The molecule has 1 fully saturated rings. The van der Waals surface area contributed by atoms with Crippen LogP contribution in [0.2, 0.25) is 0 Å². The minimum absolute atomic E-state index is 0.592. The Balaban J connectivity index is 1.16. The summed E-state index contributed by atoms with van der Waals surface area (Å²) in [6.07, 6.45) is 0. The van der Waals surface area contributed by atoms with Crippen LogP contribution in [0.25, 0.3) is 33.0 Å². The second kappa shape index (κ2) is 9.44. The molecule has 2 aromatic carbocycles. The number of anilines is 1. The highest BCUT2D eigenvalue weighted by atomic mass is 32.1. The highest BCUT2D eigenvalue weighted by Gasteiger charge is 2.23. The van der Waals surface area contributed by atoms with Crippen molar-refractivity contribution in [3.8, 4) is 27.8 Å². The fraction of sp³-hybridized carbons (Fsp3) is 0.231. The van der Waals surface area contributed by atoms with Crippen molar-refractivity contribution in [1.82, 2.24) is 25.0 Å². The fourth-order valence-corrected chi connectivity index (χ4v) is 4.96. The molecule has 35 heavy (non-hydrogen) atoms. The van der Waals surface area contributed by atoms with Crippen LogP contribution in [-0.4, -0.2) is 58.3 Å². The SMILES string of the molecule is COc1ccc(-c2noc(CN3CCN(c4nc(-c5cccs5)nc5ccccc45)CC3)n2)cc1. The number of hydrogen-bond donors (Lipinski definition) is 0. The van der Waals surface area contributed by atoms with Crippen molar-refractivity contribution >= 4 is 28.1 Å². The number of methoxy groups -OCH3 is 1. The zero-order valence-corrected chi connectivity index (χ0v) is 20.1. The highest BCUT2D eigenvalue weighted by Crippen LogP contribution is 2.30. The van der Waals surface area contributed by atoms with Crippen molar-refractivity contribution in [1.29, 1.82) is 0 Å². The van der Waals surface area contributed by atoms with Crippen LogP contribution in [-0.2, 0) is 6.54 Å². The molecule has 0 aliphatic carbocycles. The average molecular weight is 485 g/mol. The third-order valence-electron chi connectivity index (χ3n) is 6.17. The van der Waals surface area contributed by atoms with Gasteiger partial charge in [0.25, 0.3) is 0 Å². The van der Waals surface area contributed by atoms with E-state index >= 15 is 0 Å². The Morgan fingerprint density at radius 2 is 1.71 bits per heavy atom. The molecule has 0 atom stereocenters. The van der Waals surface area contributed by atoms with Gasteiger partial charge in [-0.25, -0.2) is 9.97 Å². The first-order chi connectivity index (χ1) is 17.3. The molecule has 6 rings (SSSR count). The summed E-state index contributed by atoms with van der Waals surface area (Å²) in [6.45, 7) is 4.12. The van der Waals surface area contributed by atoms with Gasteiger partial charge in [0.15, 0.2) is 5.82 Å². The summed E-state index contributed by atoms with van der Waals surface area (Å²) in [6, 6.07) is 20.0. The lowest BCUT2D eigenvalue weighted by Crippen LogP contribution is -2.46. The third kappa shape index (κ3) is 4.48. The number of fused-ring (bicyclic) bond motifs is 1. The Morgan fingerprint density at radius 1 is 0.886 bits per heavy atom. The van der Waals surface area contributed by atoms with E-state index < -0.39 is 0 Å². The second-order valence-corrected chi connectivity index (χ2v) is 9.32. The number of rotatable bonds is 6. The maximum Gasteiger partial charge on any atom is 0.241 e. The van der Waals surface area contributed by atoms with Gasteiger partial charge in [0, 0.05) is 37.1 Å². The van der Waals surface area contributed by atoms with Gasteiger partial charge >= 0.3 is 0 Å². The lowest BCUT2D eigenvalue weighted by atomic mass is 10.2. The van der Waals surface area contributed by atoms with Gasteiger partial charge in [0.1, 0.15) is 11.6 Å². The van der Waals surface area contributed by atoms with Crippen LogP contribution in [0.4, 0.5) is 5.82 Å². The first-order valence-electron chi connectivity index (χ1n) is 11.5. The quantitative estimate of drug-likeness (QED) is 0.342. The molecule has 1 aliphatic rings. The summed E-state index contributed by atoms with van der Waals surface area (Å²) in [5.41, 5.74) is 1.88. The summed E-state index contributed by atoms with van der Waals surface area (Å²) >= 11 is 1.66. The summed E-state index contributed by atoms with van der Waals surface area (Å²) < 4.78 is 10.8. The van der Waals surface area contributed by atoms with E-state index in [-0.39, 0.29) is 0 Å². The molecule has 3 aromatic heterocycles. The normalized spacial score (nSPS) is 14.5. The van der Waals surface area contributed by atoms with E-state index in [1.165, 1.54) is 0 Å². The summed E-state index contributed by atoms with van der Waals surface area (Å²) in [7, 11) is 1.65. The number of nitrogens with zero attached hydrogens (tertiary/aromatic N) is 6. The standard InChI is InChI=1S/C26H24N6O2S/c1-33-19-10-8-18(9-11-19)24-28-23(34-30-24)17-31-12-14-32(15-13-31)26-20-5-2-3-6-21(20)27-25(29-26)22-7-4-16-35-22/h2-11,16H,12-15,17H2,1H3. The van der Waals surface area contributed by atoms with Gasteiger partial charge in [-0.1, -0.05) is 23.4 Å². The molecule has 1 saturated heterocycles.